The van der Waals surface area contributed by atoms with Gasteiger partial charge in [-0.3, -0.25) is 0 Å². The van der Waals surface area contributed by atoms with Gasteiger partial charge in [-0.15, -0.1) is 0 Å². The highest BCUT2D eigenvalue weighted by Gasteiger charge is 2.32. The Labute approximate surface area is 154 Å². The molecule has 0 amide bonds. The van der Waals surface area contributed by atoms with Crippen molar-refractivity contribution in [2.24, 2.45) is 0 Å². The van der Waals surface area contributed by atoms with Gasteiger partial charge in [0.15, 0.2) is 7.14 Å². The Balaban J connectivity index is 2.08. The average molecular weight is 360 g/mol. The largest absolute Gasteiger partial charge is 0.497 e. The molecule has 0 fully saturated rings. The van der Waals surface area contributed by atoms with Crippen LogP contribution in [0, 0.1) is 0 Å². The number of benzene rings is 3. The topological polar surface area (TPSA) is 26.3 Å². The van der Waals surface area contributed by atoms with E-state index in [0.717, 1.165) is 21.9 Å². The highest BCUT2D eigenvalue weighted by molar-refractivity contribution is 7.83. The van der Waals surface area contributed by atoms with Crippen molar-refractivity contribution in [1.29, 1.82) is 0 Å². The summed E-state index contributed by atoms with van der Waals surface area (Å²) in [6.45, 7) is 8.39. The van der Waals surface area contributed by atoms with E-state index >= 15 is 0 Å². The highest BCUT2D eigenvalue weighted by atomic mass is 31.2. The molecule has 0 spiro atoms. The molecule has 0 heterocycles. The lowest BCUT2D eigenvalue weighted by Gasteiger charge is -2.23. The number of methoxy groups -OCH3 is 1. The summed E-state index contributed by atoms with van der Waals surface area (Å²) in [6.07, 6.45) is 0. The maximum Gasteiger partial charge on any atom is 0.171 e. The maximum atomic E-state index is 14.3. The fourth-order valence-electron chi connectivity index (χ4n) is 2.89. The second kappa shape index (κ2) is 7.59. The van der Waals surface area contributed by atoms with E-state index in [1.807, 2.05) is 84.9 Å². The molecule has 0 N–H and O–H groups in total. The molecule has 0 radical (unpaired) electrons. The van der Waals surface area contributed by atoms with Crippen LogP contribution in [-0.4, -0.2) is 7.11 Å². The van der Waals surface area contributed by atoms with Crippen molar-refractivity contribution < 1.29 is 9.30 Å². The van der Waals surface area contributed by atoms with E-state index in [9.17, 15) is 4.57 Å². The molecule has 3 aromatic carbocycles. The Morgan fingerprint density at radius 1 is 0.769 bits per heavy atom. The van der Waals surface area contributed by atoms with Crippen molar-refractivity contribution >= 4 is 23.3 Å². The Morgan fingerprint density at radius 2 is 1.23 bits per heavy atom. The zero-order valence-electron chi connectivity index (χ0n) is 14.8. The van der Waals surface area contributed by atoms with Crippen LogP contribution in [0.1, 0.15) is 5.56 Å². The molecule has 0 aliphatic carbocycles. The van der Waals surface area contributed by atoms with E-state index in [1.165, 1.54) is 0 Å². The van der Waals surface area contributed by atoms with Gasteiger partial charge in [-0.25, -0.2) is 0 Å². The van der Waals surface area contributed by atoms with Crippen LogP contribution in [0.4, 0.5) is 0 Å². The molecule has 0 bridgehead atoms. The van der Waals surface area contributed by atoms with Gasteiger partial charge in [-0.2, -0.15) is 0 Å². The van der Waals surface area contributed by atoms with Crippen LogP contribution < -0.4 is 15.3 Å². The Hall–Kier alpha value is -2.83. The van der Waals surface area contributed by atoms with Gasteiger partial charge in [0.1, 0.15) is 5.75 Å². The predicted molar refractivity (Wildman–Crippen MR) is 111 cm³/mol. The fraction of sp³-hybridized carbons (Fsp3) is 0.0435. The molecule has 0 saturated carbocycles. The summed E-state index contributed by atoms with van der Waals surface area (Å²) in [5.74, 6) is 0.765. The molecular formula is C23H21O2P. The first kappa shape index (κ1) is 18.0. The van der Waals surface area contributed by atoms with Gasteiger partial charge in [-0.05, 0) is 23.3 Å². The van der Waals surface area contributed by atoms with Crippen LogP contribution in [0.3, 0.4) is 0 Å². The Morgan fingerprint density at radius 3 is 1.65 bits per heavy atom. The second-order valence-electron chi connectivity index (χ2n) is 5.93. The number of rotatable bonds is 6. The molecule has 0 aromatic heterocycles. The standard InChI is InChI=1S/C23H21O2P/c1-18(20-14-16-21(25-3)17-15-20)19(2)26(24,22-10-6-4-7-11-22)23-12-8-5-9-13-23/h4-17H,1-2H2,3H3. The lowest BCUT2D eigenvalue weighted by Crippen LogP contribution is -2.17. The van der Waals surface area contributed by atoms with Crippen molar-refractivity contribution in [2.45, 2.75) is 0 Å². The van der Waals surface area contributed by atoms with Gasteiger partial charge in [0.05, 0.1) is 7.11 Å². The minimum atomic E-state index is -3.08. The number of allylic oxidation sites excluding steroid dienone is 2. The molecule has 3 rings (SSSR count). The van der Waals surface area contributed by atoms with E-state index in [1.54, 1.807) is 7.11 Å². The average Bonchev–Trinajstić information content (AvgIpc) is 2.73. The first-order valence-corrected chi connectivity index (χ1v) is 10.0. The molecule has 3 heteroatoms. The van der Waals surface area contributed by atoms with Gasteiger partial charge in [0.2, 0.25) is 0 Å². The molecule has 0 aliphatic heterocycles. The summed E-state index contributed by atoms with van der Waals surface area (Å²) in [5, 5.41) is 2.05. The molecule has 26 heavy (non-hydrogen) atoms. The minimum Gasteiger partial charge on any atom is -0.497 e. The van der Waals surface area contributed by atoms with E-state index in [-0.39, 0.29) is 0 Å². The first-order valence-electron chi connectivity index (χ1n) is 8.32. The van der Waals surface area contributed by atoms with Gasteiger partial charge >= 0.3 is 0 Å². The summed E-state index contributed by atoms with van der Waals surface area (Å²) in [5.41, 5.74) is 1.55. The SMILES string of the molecule is C=C(C(=C)P(=O)(c1ccccc1)c1ccccc1)c1ccc(OC)cc1. The number of ether oxygens (including phenoxy) is 1. The van der Waals surface area contributed by atoms with Gasteiger partial charge in [0, 0.05) is 15.9 Å². The number of hydrogen-bond donors (Lipinski definition) is 0. The molecule has 0 aliphatic rings. The van der Waals surface area contributed by atoms with E-state index in [2.05, 4.69) is 13.2 Å². The van der Waals surface area contributed by atoms with Gasteiger partial charge < -0.3 is 9.30 Å². The monoisotopic (exact) mass is 360 g/mol. The van der Waals surface area contributed by atoms with Crippen LogP contribution in [0.5, 0.6) is 5.75 Å². The third-order valence-corrected chi connectivity index (χ3v) is 7.49. The van der Waals surface area contributed by atoms with Crippen molar-refractivity contribution in [2.75, 3.05) is 7.11 Å². The second-order valence-corrected chi connectivity index (χ2v) is 8.73. The summed E-state index contributed by atoms with van der Waals surface area (Å²) in [6, 6.07) is 26.5. The summed E-state index contributed by atoms with van der Waals surface area (Å²) >= 11 is 0. The smallest absolute Gasteiger partial charge is 0.171 e. The maximum absolute atomic E-state index is 14.3. The van der Waals surface area contributed by atoms with Crippen molar-refractivity contribution in [3.63, 3.8) is 0 Å². The lowest BCUT2D eigenvalue weighted by atomic mass is 10.1. The molecule has 0 atom stereocenters. The Kier molecular flexibility index (Phi) is 5.25. The van der Waals surface area contributed by atoms with Crippen LogP contribution in [0.15, 0.2) is 103 Å². The molecule has 0 saturated heterocycles. The summed E-state index contributed by atoms with van der Waals surface area (Å²) < 4.78 is 19.5. The first-order chi connectivity index (χ1) is 12.6. The van der Waals surface area contributed by atoms with Crippen LogP contribution in [0.25, 0.3) is 5.57 Å². The minimum absolute atomic E-state index is 0.542. The fourth-order valence-corrected chi connectivity index (χ4v) is 5.50. The third kappa shape index (κ3) is 3.29. The van der Waals surface area contributed by atoms with Crippen molar-refractivity contribution in [1.82, 2.24) is 0 Å². The highest BCUT2D eigenvalue weighted by Crippen LogP contribution is 2.55. The van der Waals surface area contributed by atoms with Crippen LogP contribution in [0.2, 0.25) is 0 Å². The third-order valence-electron chi connectivity index (χ3n) is 4.41. The predicted octanol–water partition coefficient (Wildman–Crippen LogP) is 5.24. The molecule has 0 unspecified atom stereocenters. The molecule has 3 aromatic rings. The molecule has 130 valence electrons. The van der Waals surface area contributed by atoms with Crippen molar-refractivity contribution in [3.05, 3.63) is 109 Å². The summed E-state index contributed by atoms with van der Waals surface area (Å²) in [4.78, 5) is 0. The van der Waals surface area contributed by atoms with Gasteiger partial charge in [-0.1, -0.05) is 86.0 Å². The zero-order valence-corrected chi connectivity index (χ0v) is 15.7. The van der Waals surface area contributed by atoms with Crippen molar-refractivity contribution in [3.8, 4) is 5.75 Å². The van der Waals surface area contributed by atoms with E-state index < -0.39 is 7.14 Å². The lowest BCUT2D eigenvalue weighted by molar-refractivity contribution is 0.415. The summed E-state index contributed by atoms with van der Waals surface area (Å²) in [7, 11) is -1.45. The van der Waals surface area contributed by atoms with Gasteiger partial charge in [0.25, 0.3) is 0 Å². The zero-order chi connectivity index (χ0) is 18.6. The molecular weight excluding hydrogens is 339 g/mol. The quantitative estimate of drug-likeness (QED) is 0.444. The van der Waals surface area contributed by atoms with Crippen LogP contribution in [-0.2, 0) is 4.57 Å². The number of hydrogen-bond acceptors (Lipinski definition) is 2. The Bertz CT molecular complexity index is 915. The molecule has 2 nitrogen and oxygen atoms in total. The normalized spacial score (nSPS) is 11.0. The van der Waals surface area contributed by atoms with E-state index in [0.29, 0.717) is 10.9 Å². The van der Waals surface area contributed by atoms with Crippen LogP contribution >= 0.6 is 7.14 Å². The van der Waals surface area contributed by atoms with E-state index in [4.69, 9.17) is 4.74 Å².